The smallest absolute Gasteiger partial charge is 0.387 e. The van der Waals surface area contributed by atoms with Gasteiger partial charge in [-0.25, -0.2) is 24.5 Å². The van der Waals surface area contributed by atoms with E-state index in [4.69, 9.17) is 40.4 Å². The zero-order valence-corrected chi connectivity index (χ0v) is 24.5. The summed E-state index contributed by atoms with van der Waals surface area (Å²) >= 11 is 13.9. The predicted octanol–water partition coefficient (Wildman–Crippen LogP) is 0.941. The van der Waals surface area contributed by atoms with Gasteiger partial charge in [0.15, 0.2) is 23.0 Å². The highest BCUT2D eigenvalue weighted by Crippen LogP contribution is 2.58. The second-order valence-corrected chi connectivity index (χ2v) is 16.8. The van der Waals surface area contributed by atoms with Crippen molar-refractivity contribution in [2.24, 2.45) is 0 Å². The largest absolute Gasteiger partial charge is 0.387 e. The number of nitrogens with zero attached hydrogens (tertiary/aromatic N) is 7. The number of nitrogens with two attached hydrogens (primary N) is 1. The molecule has 214 valence electrons. The maximum absolute atomic E-state index is 13.4. The Morgan fingerprint density at radius 1 is 1.20 bits per heavy atom. The zero-order chi connectivity index (χ0) is 28.2. The maximum atomic E-state index is 13.4. The van der Waals surface area contributed by atoms with Crippen LogP contribution in [0.3, 0.4) is 0 Å². The minimum absolute atomic E-state index is 0.0374. The number of nitrogen functional groups attached to an aromatic ring is 1. The molecule has 40 heavy (non-hydrogen) atoms. The van der Waals surface area contributed by atoms with E-state index >= 15 is 0 Å². The first-order chi connectivity index (χ1) is 19.0. The summed E-state index contributed by atoms with van der Waals surface area (Å²) in [5.74, 6) is 0.158. The molecule has 1 fully saturated rings. The molecule has 2 aliphatic heterocycles. The van der Waals surface area contributed by atoms with Crippen LogP contribution in [0.4, 0.5) is 5.95 Å². The number of fused-ring (bicyclic) bond motifs is 6. The Morgan fingerprint density at radius 3 is 2.85 bits per heavy atom. The summed E-state index contributed by atoms with van der Waals surface area (Å²) in [7, 11) is 0. The summed E-state index contributed by atoms with van der Waals surface area (Å²) in [5.41, 5.74) is 2.97. The average Bonchev–Trinajstić information content (AvgIpc) is 3.55. The molecule has 22 heteroatoms. The lowest BCUT2D eigenvalue weighted by atomic mass is 10.1. The fourth-order valence-corrected chi connectivity index (χ4v) is 7.32. The molecule has 4 aromatic rings. The number of nitrogens with one attached hydrogen (secondary N) is 1. The number of aromatic nitrogens is 8. The Hall–Kier alpha value is -1.96. The lowest BCUT2D eigenvalue weighted by Gasteiger charge is -2.24. The first kappa shape index (κ1) is 28.2. The first-order valence-corrected chi connectivity index (χ1v) is 18.0. The molecule has 0 amide bonds. The van der Waals surface area contributed by atoms with Gasteiger partial charge in [0.1, 0.15) is 42.6 Å². The molecule has 0 radical (unpaired) electrons. The second-order valence-electron chi connectivity index (χ2n) is 8.65. The molecule has 6 heterocycles. The number of ether oxygens (including phenoxy) is 1. The minimum atomic E-state index is -4.18. The molecule has 4 aromatic heterocycles. The molecule has 0 spiro atoms. The van der Waals surface area contributed by atoms with Crippen LogP contribution in [0.2, 0.25) is 0 Å². The Balaban J connectivity index is 1.38. The topological polar surface area (TPSA) is 217 Å². The van der Waals surface area contributed by atoms with Gasteiger partial charge < -0.3 is 29.2 Å². The standard InChI is InChI=1S/C18H21N9O8P2S3/c19-18-24-15-11(16(29)25-18)22-7-27(15)17-13-12(28)9(34-17)4-33-37(39,40)31-2-1-26-10(5-32-36(30,38)35-13)23-8-3-20-6-21-14(8)26/h3,6-7,9,12-13,17,28H,1-2,4-5H2,(H,30,38)(H,39,40)(H3,19,24,25,29)/t9-,12-,13-,17-,36?/m1/s1. The molecule has 6 atom stereocenters. The highest BCUT2D eigenvalue weighted by molar-refractivity contribution is 8.60. The molecule has 2 bridgehead atoms. The highest BCUT2D eigenvalue weighted by atomic mass is 32.9. The Morgan fingerprint density at radius 2 is 2.02 bits per heavy atom. The molecule has 1 saturated heterocycles. The van der Waals surface area contributed by atoms with Crippen molar-refractivity contribution in [2.75, 3.05) is 18.9 Å². The van der Waals surface area contributed by atoms with Crippen molar-refractivity contribution in [1.82, 2.24) is 39.0 Å². The van der Waals surface area contributed by atoms with Gasteiger partial charge >= 0.3 is 6.80 Å². The fraction of sp³-hybridized carbons (Fsp3) is 0.444. The van der Waals surface area contributed by atoms with Crippen LogP contribution in [0.15, 0.2) is 23.6 Å². The number of imidazole rings is 2. The second kappa shape index (κ2) is 10.7. The van der Waals surface area contributed by atoms with Crippen molar-refractivity contribution in [3.63, 3.8) is 0 Å². The van der Waals surface area contributed by atoms with Crippen LogP contribution in [-0.2, 0) is 52.4 Å². The van der Waals surface area contributed by atoms with E-state index in [1.165, 1.54) is 23.4 Å². The van der Waals surface area contributed by atoms with Crippen LogP contribution < -0.4 is 11.3 Å². The van der Waals surface area contributed by atoms with Crippen molar-refractivity contribution >= 4 is 77.1 Å². The summed E-state index contributed by atoms with van der Waals surface area (Å²) in [6.45, 7) is -4.44. The van der Waals surface area contributed by atoms with Gasteiger partial charge in [0, 0.05) is 6.54 Å². The summed E-state index contributed by atoms with van der Waals surface area (Å²) in [5, 5.41) is 11.2. The summed E-state index contributed by atoms with van der Waals surface area (Å²) in [6, 6.07) is 0. The zero-order valence-electron chi connectivity index (χ0n) is 20.1. The van der Waals surface area contributed by atoms with Gasteiger partial charge in [-0.05, 0) is 11.8 Å². The normalized spacial score (nSPS) is 32.1. The number of H-pyrrole nitrogens is 1. The van der Waals surface area contributed by atoms with Crippen molar-refractivity contribution in [3.8, 4) is 0 Å². The number of aliphatic hydroxyl groups is 1. The van der Waals surface area contributed by atoms with E-state index in [0.717, 1.165) is 0 Å². The molecule has 4 N–H and O–H groups in total. The Bertz CT molecular complexity index is 1750. The highest BCUT2D eigenvalue weighted by Gasteiger charge is 2.49. The van der Waals surface area contributed by atoms with Gasteiger partial charge in [0.25, 0.3) is 5.56 Å². The Kier molecular flexibility index (Phi) is 7.54. The molecule has 0 aliphatic carbocycles. The van der Waals surface area contributed by atoms with Crippen molar-refractivity contribution in [2.45, 2.75) is 37.7 Å². The lowest BCUT2D eigenvalue weighted by Crippen LogP contribution is -2.35. The monoisotopic (exact) mass is 649 g/mol. The number of aliphatic hydroxyl groups excluding tert-OH is 1. The molecule has 6 rings (SSSR count). The number of anilines is 1. The van der Waals surface area contributed by atoms with E-state index in [0.29, 0.717) is 17.0 Å². The van der Waals surface area contributed by atoms with Crippen molar-refractivity contribution in [3.05, 3.63) is 35.0 Å². The average molecular weight is 650 g/mol. The minimum Gasteiger partial charge on any atom is -0.387 e. The van der Waals surface area contributed by atoms with Crippen LogP contribution in [0, 0.1) is 0 Å². The summed E-state index contributed by atoms with van der Waals surface area (Å²) in [6.07, 6.45) is -0.923. The van der Waals surface area contributed by atoms with Crippen LogP contribution in [0.1, 0.15) is 12.1 Å². The van der Waals surface area contributed by atoms with E-state index in [9.17, 15) is 14.5 Å². The molecule has 2 unspecified atom stereocenters. The van der Waals surface area contributed by atoms with Crippen molar-refractivity contribution < 1.29 is 32.5 Å². The van der Waals surface area contributed by atoms with Crippen molar-refractivity contribution in [1.29, 1.82) is 0 Å². The number of aromatic amines is 1. The van der Waals surface area contributed by atoms with Gasteiger partial charge in [0.2, 0.25) is 11.6 Å². The van der Waals surface area contributed by atoms with Gasteiger partial charge in [-0.3, -0.25) is 23.4 Å². The van der Waals surface area contributed by atoms with E-state index in [-0.39, 0.29) is 43.5 Å². The Labute approximate surface area is 239 Å². The van der Waals surface area contributed by atoms with E-state index in [1.807, 2.05) is 0 Å². The fourth-order valence-electron chi connectivity index (χ4n) is 4.37. The molecular formula is C18H21N9O8P2S3. The predicted molar refractivity (Wildman–Crippen MR) is 149 cm³/mol. The molecule has 17 nitrogen and oxygen atoms in total. The van der Waals surface area contributed by atoms with Crippen LogP contribution >= 0.6 is 37.0 Å². The number of thiol groups is 2. The molecule has 0 saturated carbocycles. The summed E-state index contributed by atoms with van der Waals surface area (Å²) in [4.78, 5) is 35.5. The number of rotatable bonds is 1. The number of hydrogen-bond acceptors (Lipinski definition) is 15. The third-order valence-electron chi connectivity index (χ3n) is 6.11. The van der Waals surface area contributed by atoms with E-state index in [2.05, 4.69) is 54.4 Å². The third kappa shape index (κ3) is 5.46. The SMILES string of the molecule is Nc1nc2c(ncn2[C@@H]2O[C@@H]3COP(=S)(S)OCCn4c(nc5cncnc54)COP(=O)(S)O[C@@H]2[C@@H]3O)c(=O)[nH]1. The van der Waals surface area contributed by atoms with Gasteiger partial charge in [-0.15, -0.1) is 0 Å². The van der Waals surface area contributed by atoms with Crippen LogP contribution in [0.25, 0.3) is 22.3 Å². The van der Waals surface area contributed by atoms with E-state index in [1.54, 1.807) is 4.57 Å². The van der Waals surface area contributed by atoms with Gasteiger partial charge in [-0.2, -0.15) is 4.98 Å². The number of hydrogen-bond donors (Lipinski definition) is 5. The summed E-state index contributed by atoms with van der Waals surface area (Å²) < 4.78 is 45.3. The molecule has 0 aromatic carbocycles. The lowest BCUT2D eigenvalue weighted by molar-refractivity contribution is -0.0453. The molecular weight excluding hydrogens is 628 g/mol. The van der Waals surface area contributed by atoms with Crippen LogP contribution in [-0.4, -0.2) is 75.7 Å². The van der Waals surface area contributed by atoms with Crippen LogP contribution in [0.5, 0.6) is 0 Å². The van der Waals surface area contributed by atoms with E-state index < -0.39 is 42.6 Å². The third-order valence-corrected chi connectivity index (χ3v) is 10.0. The van der Waals surface area contributed by atoms with Gasteiger partial charge in [-0.1, -0.05) is 24.5 Å². The van der Waals surface area contributed by atoms with Gasteiger partial charge in [0.05, 0.1) is 25.7 Å². The molecule has 2 aliphatic rings. The maximum Gasteiger partial charge on any atom is 0.387 e. The quantitative estimate of drug-likeness (QED) is 0.143. The first-order valence-electron chi connectivity index (χ1n) is 11.5.